The van der Waals surface area contributed by atoms with Crippen LogP contribution in [0.2, 0.25) is 0 Å². The maximum atomic E-state index is 12.3. The molecule has 29 heavy (non-hydrogen) atoms. The molecule has 0 aliphatic rings. The number of nitrogens with one attached hydrogen (secondary N) is 3. The van der Waals surface area contributed by atoms with E-state index in [-0.39, 0.29) is 5.91 Å². The van der Waals surface area contributed by atoms with Crippen LogP contribution < -0.4 is 15.5 Å². The number of aromatic amines is 1. The minimum absolute atomic E-state index is 0.0447. The number of H-pyrrole nitrogens is 1. The predicted molar refractivity (Wildman–Crippen MR) is 123 cm³/mol. The molecular formula is C24H32N4O. The molecule has 3 N–H and O–H groups in total. The van der Waals surface area contributed by atoms with Crippen LogP contribution in [0.4, 0.5) is 11.4 Å². The highest BCUT2D eigenvalue weighted by Gasteiger charge is 2.08. The van der Waals surface area contributed by atoms with Crippen molar-refractivity contribution in [1.29, 1.82) is 0 Å². The molecule has 0 bridgehead atoms. The largest absolute Gasteiger partial charge is 0.372 e. The van der Waals surface area contributed by atoms with Crippen molar-refractivity contribution in [2.75, 3.05) is 36.4 Å². The quantitative estimate of drug-likeness (QED) is 0.446. The molecule has 0 aliphatic heterocycles. The molecule has 0 radical (unpaired) electrons. The Hall–Kier alpha value is -2.79. The molecule has 3 aromatic rings. The molecule has 0 spiro atoms. The summed E-state index contributed by atoms with van der Waals surface area (Å²) in [6.45, 7) is 9.83. The van der Waals surface area contributed by atoms with Crippen LogP contribution in [0, 0.1) is 6.92 Å². The van der Waals surface area contributed by atoms with Crippen molar-refractivity contribution >= 4 is 28.2 Å². The number of rotatable bonds is 10. The van der Waals surface area contributed by atoms with Crippen molar-refractivity contribution in [2.24, 2.45) is 0 Å². The maximum absolute atomic E-state index is 12.3. The number of aryl methyl sites for hydroxylation is 1. The third kappa shape index (κ3) is 5.39. The van der Waals surface area contributed by atoms with Crippen molar-refractivity contribution in [3.05, 3.63) is 59.8 Å². The smallest absolute Gasteiger partial charge is 0.225 e. The zero-order valence-corrected chi connectivity index (χ0v) is 17.7. The molecule has 1 amide bonds. The van der Waals surface area contributed by atoms with E-state index in [1.165, 1.54) is 22.2 Å². The van der Waals surface area contributed by atoms with Gasteiger partial charge in [-0.1, -0.05) is 18.2 Å². The van der Waals surface area contributed by atoms with Crippen molar-refractivity contribution in [2.45, 2.75) is 33.6 Å². The van der Waals surface area contributed by atoms with Gasteiger partial charge in [-0.25, -0.2) is 0 Å². The molecular weight excluding hydrogens is 360 g/mol. The second kappa shape index (κ2) is 10.1. The van der Waals surface area contributed by atoms with Crippen molar-refractivity contribution in [3.8, 4) is 0 Å². The number of anilines is 2. The van der Waals surface area contributed by atoms with Gasteiger partial charge in [-0.2, -0.15) is 0 Å². The van der Waals surface area contributed by atoms with Crippen LogP contribution >= 0.6 is 0 Å². The van der Waals surface area contributed by atoms with Gasteiger partial charge in [0.25, 0.3) is 0 Å². The summed E-state index contributed by atoms with van der Waals surface area (Å²) >= 11 is 0. The fraction of sp³-hybridized carbons (Fsp3) is 0.375. The first kappa shape index (κ1) is 20.9. The predicted octanol–water partition coefficient (Wildman–Crippen LogP) is 4.48. The molecule has 154 valence electrons. The van der Waals surface area contributed by atoms with E-state index in [0.717, 1.165) is 37.3 Å². The van der Waals surface area contributed by atoms with E-state index < -0.39 is 0 Å². The van der Waals surface area contributed by atoms with E-state index >= 15 is 0 Å². The zero-order valence-electron chi connectivity index (χ0n) is 17.7. The van der Waals surface area contributed by atoms with Gasteiger partial charge in [0.2, 0.25) is 5.91 Å². The number of para-hydroxylation sites is 1. The van der Waals surface area contributed by atoms with Gasteiger partial charge in [0, 0.05) is 54.5 Å². The zero-order chi connectivity index (χ0) is 20.6. The van der Waals surface area contributed by atoms with Gasteiger partial charge in [0.15, 0.2) is 0 Å². The molecule has 5 heteroatoms. The maximum Gasteiger partial charge on any atom is 0.225 e. The summed E-state index contributed by atoms with van der Waals surface area (Å²) in [6.07, 6.45) is 3.48. The number of hydrogen-bond acceptors (Lipinski definition) is 3. The average molecular weight is 393 g/mol. The Morgan fingerprint density at radius 2 is 1.86 bits per heavy atom. The molecule has 0 atom stereocenters. The number of benzene rings is 2. The van der Waals surface area contributed by atoms with E-state index in [9.17, 15) is 4.79 Å². The molecule has 0 fully saturated rings. The van der Waals surface area contributed by atoms with Crippen molar-refractivity contribution < 1.29 is 4.79 Å². The summed E-state index contributed by atoms with van der Waals surface area (Å²) in [6, 6.07) is 14.6. The molecule has 0 saturated heterocycles. The first-order valence-electron chi connectivity index (χ1n) is 10.5. The summed E-state index contributed by atoms with van der Waals surface area (Å²) in [4.78, 5) is 17.9. The normalized spacial score (nSPS) is 11.0. The fourth-order valence-electron chi connectivity index (χ4n) is 3.67. The Morgan fingerprint density at radius 1 is 1.07 bits per heavy atom. The number of aromatic nitrogens is 1. The monoisotopic (exact) mass is 392 g/mol. The van der Waals surface area contributed by atoms with Gasteiger partial charge in [0.05, 0.1) is 0 Å². The van der Waals surface area contributed by atoms with Crippen LogP contribution in [-0.2, 0) is 11.2 Å². The van der Waals surface area contributed by atoms with Gasteiger partial charge >= 0.3 is 0 Å². The highest BCUT2D eigenvalue weighted by Crippen LogP contribution is 2.23. The van der Waals surface area contributed by atoms with Gasteiger partial charge in [-0.05, 0) is 69.1 Å². The number of fused-ring (bicyclic) bond motifs is 1. The lowest BCUT2D eigenvalue weighted by atomic mass is 10.1. The molecule has 0 aliphatic carbocycles. The van der Waals surface area contributed by atoms with E-state index in [0.29, 0.717) is 13.0 Å². The van der Waals surface area contributed by atoms with Gasteiger partial charge in [-0.3, -0.25) is 4.79 Å². The number of nitrogens with zero attached hydrogens (tertiary/aromatic N) is 1. The number of hydrogen-bond donors (Lipinski definition) is 3. The summed E-state index contributed by atoms with van der Waals surface area (Å²) in [5, 5.41) is 7.69. The lowest BCUT2D eigenvalue weighted by Gasteiger charge is -2.22. The standard InChI is InChI=1S/C24H32N4O/c1-4-28(5-2)20-10-11-22(18(3)16-20)27-24(29)13-15-25-14-12-19-17-26-23-9-7-6-8-21(19)23/h6-11,16-17,25-26H,4-5,12-15H2,1-3H3,(H,27,29). The van der Waals surface area contributed by atoms with Crippen molar-refractivity contribution in [1.82, 2.24) is 10.3 Å². The number of amides is 1. The highest BCUT2D eigenvalue weighted by molar-refractivity contribution is 5.91. The third-order valence-corrected chi connectivity index (χ3v) is 5.39. The van der Waals surface area contributed by atoms with Crippen LogP contribution in [0.25, 0.3) is 10.9 Å². The first-order chi connectivity index (χ1) is 14.1. The molecule has 2 aromatic carbocycles. The Kier molecular flexibility index (Phi) is 7.30. The molecule has 1 heterocycles. The summed E-state index contributed by atoms with van der Waals surface area (Å²) in [5.74, 6) is 0.0447. The minimum Gasteiger partial charge on any atom is -0.372 e. The lowest BCUT2D eigenvalue weighted by molar-refractivity contribution is -0.116. The van der Waals surface area contributed by atoms with E-state index in [4.69, 9.17) is 0 Å². The second-order valence-electron chi connectivity index (χ2n) is 7.33. The van der Waals surface area contributed by atoms with Crippen molar-refractivity contribution in [3.63, 3.8) is 0 Å². The van der Waals surface area contributed by atoms with Gasteiger partial charge in [-0.15, -0.1) is 0 Å². The summed E-state index contributed by atoms with van der Waals surface area (Å²) in [5.41, 5.74) is 5.66. The minimum atomic E-state index is 0.0447. The Bertz CT molecular complexity index is 943. The molecule has 3 rings (SSSR count). The Labute approximate surface area is 173 Å². The summed E-state index contributed by atoms with van der Waals surface area (Å²) in [7, 11) is 0. The lowest BCUT2D eigenvalue weighted by Crippen LogP contribution is -2.24. The molecule has 5 nitrogen and oxygen atoms in total. The second-order valence-corrected chi connectivity index (χ2v) is 7.33. The molecule has 0 saturated carbocycles. The number of carbonyl (C=O) groups excluding carboxylic acids is 1. The van der Waals surface area contributed by atoms with Crippen LogP contribution in [0.15, 0.2) is 48.7 Å². The van der Waals surface area contributed by atoms with E-state index in [1.807, 2.05) is 19.1 Å². The van der Waals surface area contributed by atoms with Gasteiger partial charge in [0.1, 0.15) is 0 Å². The molecule has 0 unspecified atom stereocenters. The van der Waals surface area contributed by atoms with Crippen LogP contribution in [0.3, 0.4) is 0 Å². The SMILES string of the molecule is CCN(CC)c1ccc(NC(=O)CCNCCc2c[nH]c3ccccc23)c(C)c1. The number of carbonyl (C=O) groups is 1. The van der Waals surface area contributed by atoms with E-state index in [2.05, 4.69) is 70.9 Å². The highest BCUT2D eigenvalue weighted by atomic mass is 16.1. The third-order valence-electron chi connectivity index (χ3n) is 5.39. The van der Waals surface area contributed by atoms with Crippen LogP contribution in [0.1, 0.15) is 31.4 Å². The van der Waals surface area contributed by atoms with E-state index in [1.54, 1.807) is 0 Å². The fourth-order valence-corrected chi connectivity index (χ4v) is 3.67. The Morgan fingerprint density at radius 3 is 2.62 bits per heavy atom. The topological polar surface area (TPSA) is 60.2 Å². The van der Waals surface area contributed by atoms with Crippen LogP contribution in [0.5, 0.6) is 0 Å². The van der Waals surface area contributed by atoms with Gasteiger partial charge < -0.3 is 20.5 Å². The Balaban J connectivity index is 1.42. The summed E-state index contributed by atoms with van der Waals surface area (Å²) < 4.78 is 0. The molecule has 1 aromatic heterocycles. The van der Waals surface area contributed by atoms with Crippen LogP contribution in [-0.4, -0.2) is 37.1 Å². The average Bonchev–Trinajstić information content (AvgIpc) is 3.14. The first-order valence-corrected chi connectivity index (χ1v) is 10.5.